The van der Waals surface area contributed by atoms with Crippen LogP contribution in [-0.4, -0.2) is 73.6 Å². The number of rotatable bonds is 12. The van der Waals surface area contributed by atoms with Gasteiger partial charge in [0.25, 0.3) is 5.56 Å². The number of benzene rings is 1. The number of carbonyl (C=O) groups is 1. The standard InChI is InChI=1S/C28H40N6O4S/c1-20(2)16-34-26-25(27(36)31(4)28(34)37)33(19-30-26)18-23(38-21(3)35)15-22-17-32(13-11-29-22)12-8-14-39-24-9-6-5-7-10-24/h5-7,9-10,19-20,22-23,29H,8,11-18H2,1-4H3. The predicted octanol–water partition coefficient (Wildman–Crippen LogP) is 2.33. The van der Waals surface area contributed by atoms with Crippen molar-refractivity contribution in [2.24, 2.45) is 13.0 Å². The van der Waals surface area contributed by atoms with Gasteiger partial charge in [0.05, 0.1) is 12.9 Å². The molecule has 3 aromatic rings. The van der Waals surface area contributed by atoms with E-state index in [0.717, 1.165) is 42.9 Å². The van der Waals surface area contributed by atoms with Crippen LogP contribution in [0.5, 0.6) is 0 Å². The fourth-order valence-corrected chi connectivity index (χ4v) is 6.01. The molecule has 0 bridgehead atoms. The summed E-state index contributed by atoms with van der Waals surface area (Å²) in [7, 11) is 1.49. The van der Waals surface area contributed by atoms with Gasteiger partial charge < -0.3 is 19.5 Å². The first-order chi connectivity index (χ1) is 18.7. The maximum atomic E-state index is 13.1. The van der Waals surface area contributed by atoms with Crippen molar-refractivity contribution in [1.29, 1.82) is 0 Å². The molecule has 1 aromatic carbocycles. The molecule has 10 nitrogen and oxygen atoms in total. The van der Waals surface area contributed by atoms with Crippen LogP contribution in [0.1, 0.15) is 33.6 Å². The van der Waals surface area contributed by atoms with Crippen molar-refractivity contribution in [2.75, 3.05) is 31.9 Å². The summed E-state index contributed by atoms with van der Waals surface area (Å²) in [5.74, 6) is 0.915. The maximum Gasteiger partial charge on any atom is 0.332 e. The molecular formula is C28H40N6O4S. The summed E-state index contributed by atoms with van der Waals surface area (Å²) in [5.41, 5.74) is -0.0566. The van der Waals surface area contributed by atoms with E-state index in [4.69, 9.17) is 4.74 Å². The molecular weight excluding hydrogens is 516 g/mol. The van der Waals surface area contributed by atoms with Gasteiger partial charge in [-0.15, -0.1) is 11.8 Å². The first-order valence-corrected chi connectivity index (χ1v) is 14.7. The van der Waals surface area contributed by atoms with Gasteiger partial charge in [0.1, 0.15) is 6.10 Å². The molecule has 2 aromatic heterocycles. The van der Waals surface area contributed by atoms with Crippen LogP contribution in [0.25, 0.3) is 11.2 Å². The van der Waals surface area contributed by atoms with Crippen LogP contribution in [-0.2, 0) is 29.7 Å². The number of imidazole rings is 1. The van der Waals surface area contributed by atoms with Crippen LogP contribution < -0.4 is 16.6 Å². The van der Waals surface area contributed by atoms with E-state index < -0.39 is 11.7 Å². The van der Waals surface area contributed by atoms with Crippen molar-refractivity contribution in [3.8, 4) is 0 Å². The average Bonchev–Trinajstić information content (AvgIpc) is 3.31. The number of esters is 1. The molecule has 0 saturated carbocycles. The zero-order chi connectivity index (χ0) is 27.9. The van der Waals surface area contributed by atoms with Crippen LogP contribution in [0.2, 0.25) is 0 Å². The van der Waals surface area contributed by atoms with Crippen LogP contribution in [0.15, 0.2) is 51.1 Å². The number of ether oxygens (including phenoxy) is 1. The van der Waals surface area contributed by atoms with Crippen LogP contribution in [0.3, 0.4) is 0 Å². The van der Waals surface area contributed by atoms with Gasteiger partial charge in [-0.2, -0.15) is 0 Å². The van der Waals surface area contributed by atoms with Crippen LogP contribution in [0, 0.1) is 5.92 Å². The highest BCUT2D eigenvalue weighted by Crippen LogP contribution is 2.19. The van der Waals surface area contributed by atoms with E-state index in [1.807, 2.05) is 31.7 Å². The molecule has 0 radical (unpaired) electrons. The summed E-state index contributed by atoms with van der Waals surface area (Å²) in [6.45, 7) is 9.93. The van der Waals surface area contributed by atoms with E-state index >= 15 is 0 Å². The zero-order valence-electron chi connectivity index (χ0n) is 23.3. The Kier molecular flexibility index (Phi) is 10.0. The third-order valence-electron chi connectivity index (χ3n) is 6.90. The molecule has 11 heteroatoms. The molecule has 1 aliphatic rings. The van der Waals surface area contributed by atoms with Gasteiger partial charge in [-0.1, -0.05) is 32.0 Å². The van der Waals surface area contributed by atoms with Gasteiger partial charge in [0.15, 0.2) is 11.2 Å². The topological polar surface area (TPSA) is 103 Å². The van der Waals surface area contributed by atoms with Crippen LogP contribution >= 0.6 is 11.8 Å². The van der Waals surface area contributed by atoms with Crippen molar-refractivity contribution < 1.29 is 9.53 Å². The van der Waals surface area contributed by atoms with E-state index in [9.17, 15) is 14.4 Å². The smallest absolute Gasteiger partial charge is 0.332 e. The number of nitrogens with zero attached hydrogens (tertiary/aromatic N) is 5. The molecule has 3 heterocycles. The molecule has 1 saturated heterocycles. The third-order valence-corrected chi connectivity index (χ3v) is 8.00. The molecule has 2 atom stereocenters. The van der Waals surface area contributed by atoms with E-state index in [-0.39, 0.29) is 30.2 Å². The molecule has 0 spiro atoms. The minimum absolute atomic E-state index is 0.154. The zero-order valence-corrected chi connectivity index (χ0v) is 24.2. The van der Waals surface area contributed by atoms with Crippen LogP contribution in [0.4, 0.5) is 0 Å². The van der Waals surface area contributed by atoms with Crippen molar-refractivity contribution >= 4 is 28.9 Å². The first-order valence-electron chi connectivity index (χ1n) is 13.7. The van der Waals surface area contributed by atoms with E-state index in [1.54, 1.807) is 15.5 Å². The number of hydrogen-bond donors (Lipinski definition) is 1. The third kappa shape index (κ3) is 7.61. The Hall–Kier alpha value is -2.89. The van der Waals surface area contributed by atoms with E-state index in [1.165, 1.54) is 18.9 Å². The lowest BCUT2D eigenvalue weighted by atomic mass is 10.1. The van der Waals surface area contributed by atoms with Gasteiger partial charge in [-0.05, 0) is 36.8 Å². The summed E-state index contributed by atoms with van der Waals surface area (Å²) in [4.78, 5) is 46.0. The number of fused-ring (bicyclic) bond motifs is 1. The summed E-state index contributed by atoms with van der Waals surface area (Å²) in [5, 5.41) is 3.57. The predicted molar refractivity (Wildman–Crippen MR) is 154 cm³/mol. The molecule has 4 rings (SSSR count). The molecule has 0 amide bonds. The fourth-order valence-electron chi connectivity index (χ4n) is 5.15. The molecule has 212 valence electrons. The summed E-state index contributed by atoms with van der Waals surface area (Å²) < 4.78 is 10.1. The van der Waals surface area contributed by atoms with Gasteiger partial charge in [0.2, 0.25) is 0 Å². The van der Waals surface area contributed by atoms with Gasteiger partial charge in [0, 0.05) is 57.5 Å². The Morgan fingerprint density at radius 1 is 1.21 bits per heavy atom. The second-order valence-corrected chi connectivity index (χ2v) is 11.8. The van der Waals surface area contributed by atoms with Crippen molar-refractivity contribution in [2.45, 2.75) is 63.7 Å². The van der Waals surface area contributed by atoms with Gasteiger partial charge in [-0.25, -0.2) is 9.78 Å². The Morgan fingerprint density at radius 3 is 2.69 bits per heavy atom. The molecule has 1 N–H and O–H groups in total. The Balaban J connectivity index is 1.42. The molecule has 2 unspecified atom stereocenters. The normalized spacial score (nSPS) is 17.1. The lowest BCUT2D eigenvalue weighted by Gasteiger charge is -2.35. The number of thioether (sulfide) groups is 1. The van der Waals surface area contributed by atoms with E-state index in [2.05, 4.69) is 39.5 Å². The number of carbonyl (C=O) groups excluding carboxylic acids is 1. The maximum absolute atomic E-state index is 13.1. The van der Waals surface area contributed by atoms with Crippen molar-refractivity contribution in [1.82, 2.24) is 28.9 Å². The monoisotopic (exact) mass is 556 g/mol. The SMILES string of the molecule is CC(=O)OC(CC1CN(CCCSc2ccccc2)CCN1)Cn1cnc2c1c(=O)n(C)c(=O)n2CC(C)C. The van der Waals surface area contributed by atoms with Crippen molar-refractivity contribution in [3.63, 3.8) is 0 Å². The highest BCUT2D eigenvalue weighted by molar-refractivity contribution is 7.99. The molecule has 39 heavy (non-hydrogen) atoms. The lowest BCUT2D eigenvalue weighted by molar-refractivity contribution is -0.147. The highest BCUT2D eigenvalue weighted by atomic mass is 32.2. The average molecular weight is 557 g/mol. The second kappa shape index (κ2) is 13.5. The molecule has 1 aliphatic heterocycles. The largest absolute Gasteiger partial charge is 0.461 e. The first kappa shape index (κ1) is 29.1. The van der Waals surface area contributed by atoms with Gasteiger partial charge >= 0.3 is 11.7 Å². The number of nitrogens with one attached hydrogen (secondary N) is 1. The summed E-state index contributed by atoms with van der Waals surface area (Å²) in [6, 6.07) is 10.6. The number of piperazine rings is 1. The Morgan fingerprint density at radius 2 is 1.97 bits per heavy atom. The number of hydrogen-bond acceptors (Lipinski definition) is 8. The van der Waals surface area contributed by atoms with E-state index in [0.29, 0.717) is 24.1 Å². The minimum atomic E-state index is -0.443. The summed E-state index contributed by atoms with van der Waals surface area (Å²) >= 11 is 1.88. The van der Waals surface area contributed by atoms with Gasteiger partial charge in [-0.3, -0.25) is 18.7 Å². The summed E-state index contributed by atoms with van der Waals surface area (Å²) in [6.07, 6.45) is 2.84. The highest BCUT2D eigenvalue weighted by Gasteiger charge is 2.26. The fraction of sp³-hybridized carbons (Fsp3) is 0.571. The van der Waals surface area contributed by atoms with Crippen molar-refractivity contribution in [3.05, 3.63) is 57.5 Å². The number of aromatic nitrogens is 4. The lowest BCUT2D eigenvalue weighted by Crippen LogP contribution is -2.52. The molecule has 0 aliphatic carbocycles. The molecule has 1 fully saturated rings. The minimum Gasteiger partial charge on any atom is -0.461 e. The Labute approximate surface area is 233 Å². The Bertz CT molecular complexity index is 1370. The second-order valence-electron chi connectivity index (χ2n) is 10.7. The quantitative estimate of drug-likeness (QED) is 0.206.